The second-order valence-electron chi connectivity index (χ2n) is 5.48. The van der Waals surface area contributed by atoms with Crippen molar-refractivity contribution >= 4 is 6.29 Å². The number of carbonyl (C=O) groups is 1. The minimum Gasteiger partial charge on any atom is -0.303 e. The van der Waals surface area contributed by atoms with Gasteiger partial charge in [-0.05, 0) is 53.4 Å². The lowest BCUT2D eigenvalue weighted by Gasteiger charge is -2.20. The van der Waals surface area contributed by atoms with Crippen molar-refractivity contribution in [3.8, 4) is 6.07 Å². The molecule has 0 saturated carbocycles. The molecular weight excluding hydrogens is 234 g/mol. The highest BCUT2D eigenvalue weighted by Gasteiger charge is 2.27. The second kappa shape index (κ2) is 6.02. The third-order valence-corrected chi connectivity index (χ3v) is 4.42. The van der Waals surface area contributed by atoms with E-state index in [0.717, 1.165) is 25.5 Å². The maximum atomic E-state index is 11.0. The van der Waals surface area contributed by atoms with E-state index >= 15 is 0 Å². The van der Waals surface area contributed by atoms with Gasteiger partial charge < -0.3 is 4.79 Å². The van der Waals surface area contributed by atoms with Crippen LogP contribution in [0, 0.1) is 11.3 Å². The quantitative estimate of drug-likeness (QED) is 0.749. The van der Waals surface area contributed by atoms with E-state index in [0.29, 0.717) is 24.7 Å². The van der Waals surface area contributed by atoms with Crippen LogP contribution in [0.5, 0.6) is 0 Å². The predicted molar refractivity (Wildman–Crippen MR) is 76.2 cm³/mol. The summed E-state index contributed by atoms with van der Waals surface area (Å²) in [6.07, 6.45) is 5.25. The Hall–Kier alpha value is -1.62. The summed E-state index contributed by atoms with van der Waals surface area (Å²) in [4.78, 5) is 11.0. The van der Waals surface area contributed by atoms with E-state index in [-0.39, 0.29) is 0 Å². The lowest BCUT2D eigenvalue weighted by atomic mass is 9.84. The van der Waals surface area contributed by atoms with Gasteiger partial charge in [0.15, 0.2) is 0 Å². The summed E-state index contributed by atoms with van der Waals surface area (Å²) in [5, 5.41) is 8.98. The van der Waals surface area contributed by atoms with E-state index in [2.05, 4.69) is 32.0 Å². The molecule has 2 unspecified atom stereocenters. The zero-order valence-corrected chi connectivity index (χ0v) is 11.8. The first kappa shape index (κ1) is 13.8. The zero-order chi connectivity index (χ0) is 13.8. The molecule has 1 aliphatic rings. The Kier molecular flexibility index (Phi) is 4.37. The number of rotatable bonds is 5. The lowest BCUT2D eigenvalue weighted by Crippen LogP contribution is -2.06. The van der Waals surface area contributed by atoms with E-state index in [1.807, 2.05) is 0 Å². The summed E-state index contributed by atoms with van der Waals surface area (Å²) in [7, 11) is 0. The monoisotopic (exact) mass is 255 g/mol. The minimum atomic E-state index is 0.332. The summed E-state index contributed by atoms with van der Waals surface area (Å²) in [5.74, 6) is 0.808. The number of aldehydes is 1. The molecule has 0 spiro atoms. The maximum absolute atomic E-state index is 11.0. The second-order valence-corrected chi connectivity index (χ2v) is 5.48. The summed E-state index contributed by atoms with van der Waals surface area (Å²) in [6, 6.07) is 6.70. The molecule has 1 aromatic carbocycles. The first-order valence-electron chi connectivity index (χ1n) is 7.18. The largest absolute Gasteiger partial charge is 0.303 e. The molecular formula is C17H21NO. The van der Waals surface area contributed by atoms with E-state index in [1.165, 1.54) is 22.3 Å². The van der Waals surface area contributed by atoms with Crippen LogP contribution in [-0.4, -0.2) is 6.29 Å². The van der Waals surface area contributed by atoms with Crippen LogP contribution in [0.4, 0.5) is 0 Å². The summed E-state index contributed by atoms with van der Waals surface area (Å²) >= 11 is 0. The lowest BCUT2D eigenvalue weighted by molar-refractivity contribution is -0.107. The fourth-order valence-electron chi connectivity index (χ4n) is 3.24. The first-order valence-corrected chi connectivity index (χ1v) is 7.18. The molecule has 0 amide bonds. The van der Waals surface area contributed by atoms with Crippen molar-refractivity contribution in [2.75, 3.05) is 0 Å². The van der Waals surface area contributed by atoms with Crippen molar-refractivity contribution in [3.63, 3.8) is 0 Å². The van der Waals surface area contributed by atoms with Crippen molar-refractivity contribution in [1.29, 1.82) is 5.26 Å². The Morgan fingerprint density at radius 1 is 1.53 bits per heavy atom. The number of nitrogens with zero attached hydrogens (tertiary/aromatic N) is 1. The molecule has 0 heterocycles. The van der Waals surface area contributed by atoms with Crippen LogP contribution in [0.1, 0.15) is 67.2 Å². The molecule has 2 rings (SSSR count). The van der Waals surface area contributed by atoms with E-state index in [1.54, 1.807) is 0 Å². The van der Waals surface area contributed by atoms with Crippen molar-refractivity contribution in [1.82, 2.24) is 0 Å². The highest BCUT2D eigenvalue weighted by atomic mass is 16.1. The average Bonchev–Trinajstić information content (AvgIpc) is 2.83. The smallest absolute Gasteiger partial charge is 0.124 e. The topological polar surface area (TPSA) is 40.9 Å². The fourth-order valence-corrected chi connectivity index (χ4v) is 3.24. The van der Waals surface area contributed by atoms with Gasteiger partial charge in [0, 0.05) is 12.8 Å². The van der Waals surface area contributed by atoms with Crippen LogP contribution in [0.25, 0.3) is 0 Å². The van der Waals surface area contributed by atoms with Crippen LogP contribution in [0.15, 0.2) is 12.1 Å². The van der Waals surface area contributed by atoms with Gasteiger partial charge in [0.2, 0.25) is 0 Å². The van der Waals surface area contributed by atoms with Gasteiger partial charge in [-0.1, -0.05) is 26.0 Å². The van der Waals surface area contributed by atoms with Gasteiger partial charge in [-0.25, -0.2) is 0 Å². The minimum absolute atomic E-state index is 0.332. The number of hydrogen-bond donors (Lipinski definition) is 0. The van der Waals surface area contributed by atoms with Gasteiger partial charge in [0.05, 0.1) is 6.07 Å². The van der Waals surface area contributed by atoms with Crippen LogP contribution < -0.4 is 0 Å². The maximum Gasteiger partial charge on any atom is 0.124 e. The van der Waals surface area contributed by atoms with Crippen LogP contribution in [-0.2, 0) is 17.6 Å². The normalized spacial score (nSPS) is 18.7. The first-order chi connectivity index (χ1) is 9.22. The van der Waals surface area contributed by atoms with Crippen LogP contribution in [0.3, 0.4) is 0 Å². The molecule has 1 aromatic rings. The van der Waals surface area contributed by atoms with Crippen molar-refractivity contribution in [2.45, 2.75) is 57.8 Å². The SMILES string of the molecule is CCC(C)c1ccc2c(c1CC=O)C(CC#N)CC2. The zero-order valence-electron chi connectivity index (χ0n) is 11.8. The van der Waals surface area contributed by atoms with Gasteiger partial charge in [-0.3, -0.25) is 0 Å². The van der Waals surface area contributed by atoms with Crippen LogP contribution in [0.2, 0.25) is 0 Å². The third-order valence-electron chi connectivity index (χ3n) is 4.42. The molecule has 0 N–H and O–H groups in total. The number of fused-ring (bicyclic) bond motifs is 1. The molecule has 2 nitrogen and oxygen atoms in total. The summed E-state index contributed by atoms with van der Waals surface area (Å²) in [6.45, 7) is 4.39. The molecule has 2 atom stereocenters. The molecule has 0 fully saturated rings. The van der Waals surface area contributed by atoms with Crippen molar-refractivity contribution in [3.05, 3.63) is 34.4 Å². The average molecular weight is 255 g/mol. The predicted octanol–water partition coefficient (Wildman–Crippen LogP) is 3.88. The van der Waals surface area contributed by atoms with Crippen molar-refractivity contribution < 1.29 is 4.79 Å². The Morgan fingerprint density at radius 2 is 2.32 bits per heavy atom. The molecule has 0 aromatic heterocycles. The number of aryl methyl sites for hydroxylation is 1. The summed E-state index contributed by atoms with van der Waals surface area (Å²) in [5.41, 5.74) is 5.17. The highest BCUT2D eigenvalue weighted by molar-refractivity contribution is 5.60. The molecule has 2 heteroatoms. The van der Waals surface area contributed by atoms with Gasteiger partial charge in [-0.15, -0.1) is 0 Å². The van der Waals surface area contributed by atoms with Gasteiger partial charge in [-0.2, -0.15) is 5.26 Å². The Labute approximate surface area is 115 Å². The van der Waals surface area contributed by atoms with Crippen molar-refractivity contribution in [2.24, 2.45) is 0 Å². The fraction of sp³-hybridized carbons (Fsp3) is 0.529. The Bertz CT molecular complexity index is 513. The van der Waals surface area contributed by atoms with E-state index in [9.17, 15) is 4.79 Å². The number of hydrogen-bond acceptors (Lipinski definition) is 2. The molecule has 0 aliphatic heterocycles. The molecule has 0 saturated heterocycles. The third kappa shape index (κ3) is 2.56. The molecule has 0 bridgehead atoms. The highest BCUT2D eigenvalue weighted by Crippen LogP contribution is 2.40. The number of benzene rings is 1. The Morgan fingerprint density at radius 3 is 2.95 bits per heavy atom. The molecule has 0 radical (unpaired) electrons. The molecule has 19 heavy (non-hydrogen) atoms. The van der Waals surface area contributed by atoms with E-state index in [4.69, 9.17) is 5.26 Å². The summed E-state index contributed by atoms with van der Waals surface area (Å²) < 4.78 is 0. The van der Waals surface area contributed by atoms with Gasteiger partial charge in [0.1, 0.15) is 6.29 Å². The number of nitriles is 1. The van der Waals surface area contributed by atoms with Gasteiger partial charge in [0.25, 0.3) is 0 Å². The molecule has 1 aliphatic carbocycles. The van der Waals surface area contributed by atoms with Gasteiger partial charge >= 0.3 is 0 Å². The number of carbonyl (C=O) groups excluding carboxylic acids is 1. The van der Waals surface area contributed by atoms with Crippen LogP contribution >= 0.6 is 0 Å². The Balaban J connectivity index is 2.52. The standard InChI is InChI=1S/C17H21NO/c1-3-12(2)15-7-6-13-4-5-14(8-10-18)17(13)16(15)9-11-19/h6-7,11-12,14H,3-5,8-9H2,1-2H3. The molecule has 100 valence electrons. The van der Waals surface area contributed by atoms with E-state index < -0.39 is 0 Å².